The smallest absolute Gasteiger partial charge is 0.341 e. The molecular weight excluding hydrogens is 404 g/mol. The molecule has 1 saturated heterocycles. The van der Waals surface area contributed by atoms with Crippen LogP contribution in [-0.2, 0) is 19.1 Å². The number of carboxylic acids is 1. The first-order valence-electron chi connectivity index (χ1n) is 8.39. The number of nitrogens with one attached hydrogen (secondary N) is 1. The Labute approximate surface area is 170 Å². The van der Waals surface area contributed by atoms with Crippen LogP contribution in [0.5, 0.6) is 11.5 Å². The Morgan fingerprint density at radius 2 is 2.00 bits per heavy atom. The van der Waals surface area contributed by atoms with Gasteiger partial charge >= 0.3 is 5.97 Å². The van der Waals surface area contributed by atoms with Gasteiger partial charge in [0.2, 0.25) is 5.91 Å². The van der Waals surface area contributed by atoms with E-state index >= 15 is 0 Å². The highest BCUT2D eigenvalue weighted by Gasteiger charge is 2.36. The third-order valence-electron chi connectivity index (χ3n) is 3.64. The van der Waals surface area contributed by atoms with Gasteiger partial charge in [-0.15, -0.1) is 0 Å². The van der Waals surface area contributed by atoms with Gasteiger partial charge in [-0.2, -0.15) is 0 Å². The number of aliphatic carboxylic acids is 1. The first kappa shape index (κ1) is 22.2. The molecule has 0 unspecified atom stereocenters. The fourth-order valence-corrected chi connectivity index (χ4v) is 3.15. The Bertz CT molecular complexity index is 839. The number of nitrogens with zero attached hydrogens (tertiary/aromatic N) is 1. The van der Waals surface area contributed by atoms with Crippen LogP contribution < -0.4 is 14.8 Å². The zero-order valence-corrected chi connectivity index (χ0v) is 16.6. The highest BCUT2D eigenvalue weighted by atomic mass is 32.2. The van der Waals surface area contributed by atoms with E-state index < -0.39 is 29.6 Å². The molecule has 1 aliphatic rings. The molecule has 1 heterocycles. The number of ether oxygens (including phenoxy) is 3. The molecule has 156 valence electrons. The van der Waals surface area contributed by atoms with E-state index in [-0.39, 0.29) is 29.5 Å². The molecule has 0 saturated carbocycles. The monoisotopic (exact) mass is 424 g/mol. The molecule has 0 bridgehead atoms. The zero-order valence-electron chi connectivity index (χ0n) is 15.8. The van der Waals surface area contributed by atoms with Crippen molar-refractivity contribution in [2.45, 2.75) is 0 Å². The van der Waals surface area contributed by atoms with Gasteiger partial charge in [-0.25, -0.2) is 4.79 Å². The molecule has 0 radical (unpaired) electrons. The SMILES string of the molecule is COCCNC(=O)CN1C(=O)S/C(=C\c2ccc(OCC(=O)O)c(OC)c2)C1=O. The second kappa shape index (κ2) is 10.5. The van der Waals surface area contributed by atoms with Crippen molar-refractivity contribution in [2.24, 2.45) is 0 Å². The lowest BCUT2D eigenvalue weighted by Gasteiger charge is -2.12. The summed E-state index contributed by atoms with van der Waals surface area (Å²) in [6.45, 7) is -0.308. The second-order valence-corrected chi connectivity index (χ2v) is 6.70. The van der Waals surface area contributed by atoms with Crippen LogP contribution in [0.3, 0.4) is 0 Å². The molecule has 0 aliphatic carbocycles. The minimum Gasteiger partial charge on any atom is -0.493 e. The van der Waals surface area contributed by atoms with E-state index in [1.165, 1.54) is 26.4 Å². The number of imide groups is 1. The minimum atomic E-state index is -1.13. The normalized spacial score (nSPS) is 15.0. The molecule has 0 aromatic heterocycles. The average Bonchev–Trinajstić information content (AvgIpc) is 2.94. The molecule has 2 N–H and O–H groups in total. The predicted octanol–water partition coefficient (Wildman–Crippen LogP) is 0.958. The van der Waals surface area contributed by atoms with Gasteiger partial charge in [0.05, 0.1) is 18.6 Å². The summed E-state index contributed by atoms with van der Waals surface area (Å²) < 4.78 is 15.1. The molecular formula is C18H20N2O8S. The number of carbonyl (C=O) groups excluding carboxylic acids is 3. The summed E-state index contributed by atoms with van der Waals surface area (Å²) >= 11 is 0.723. The Hall–Kier alpha value is -3.05. The Balaban J connectivity index is 2.10. The summed E-state index contributed by atoms with van der Waals surface area (Å²) in [6.07, 6.45) is 1.48. The molecule has 1 fully saturated rings. The fourth-order valence-electron chi connectivity index (χ4n) is 2.31. The van der Waals surface area contributed by atoms with Crippen LogP contribution in [0, 0.1) is 0 Å². The minimum absolute atomic E-state index is 0.154. The van der Waals surface area contributed by atoms with Gasteiger partial charge in [0.15, 0.2) is 18.1 Å². The van der Waals surface area contributed by atoms with E-state index in [9.17, 15) is 19.2 Å². The Kier molecular flexibility index (Phi) is 8.04. The van der Waals surface area contributed by atoms with Crippen LogP contribution in [0.1, 0.15) is 5.56 Å². The van der Waals surface area contributed by atoms with Crippen molar-refractivity contribution in [3.8, 4) is 11.5 Å². The van der Waals surface area contributed by atoms with Gasteiger partial charge in [0.25, 0.3) is 11.1 Å². The lowest BCUT2D eigenvalue weighted by atomic mass is 10.2. The molecule has 1 aromatic carbocycles. The van der Waals surface area contributed by atoms with E-state index in [0.717, 1.165) is 16.7 Å². The first-order chi connectivity index (χ1) is 13.8. The molecule has 0 atom stereocenters. The molecule has 10 nitrogen and oxygen atoms in total. The van der Waals surface area contributed by atoms with Crippen molar-refractivity contribution >= 4 is 40.9 Å². The number of hydrogen-bond donors (Lipinski definition) is 2. The first-order valence-corrected chi connectivity index (χ1v) is 9.21. The highest BCUT2D eigenvalue weighted by molar-refractivity contribution is 8.18. The Morgan fingerprint density at radius 3 is 2.66 bits per heavy atom. The maximum absolute atomic E-state index is 12.5. The van der Waals surface area contributed by atoms with Crippen LogP contribution in [-0.4, -0.2) is 73.6 Å². The fraction of sp³-hybridized carbons (Fsp3) is 0.333. The zero-order chi connectivity index (χ0) is 21.4. The number of carboxylic acid groups (broad SMARTS) is 1. The molecule has 0 spiro atoms. The van der Waals surface area contributed by atoms with Crippen LogP contribution in [0.4, 0.5) is 4.79 Å². The van der Waals surface area contributed by atoms with E-state index in [2.05, 4.69) is 5.32 Å². The van der Waals surface area contributed by atoms with Crippen molar-refractivity contribution in [2.75, 3.05) is 40.5 Å². The van der Waals surface area contributed by atoms with E-state index in [4.69, 9.17) is 19.3 Å². The van der Waals surface area contributed by atoms with Gasteiger partial charge in [-0.05, 0) is 35.5 Å². The van der Waals surface area contributed by atoms with Gasteiger partial charge < -0.3 is 24.6 Å². The van der Waals surface area contributed by atoms with Crippen molar-refractivity contribution in [3.05, 3.63) is 28.7 Å². The summed E-state index contributed by atoms with van der Waals surface area (Å²) in [7, 11) is 2.88. The van der Waals surface area contributed by atoms with E-state index in [0.29, 0.717) is 12.2 Å². The van der Waals surface area contributed by atoms with Crippen LogP contribution >= 0.6 is 11.8 Å². The van der Waals surface area contributed by atoms with Crippen molar-refractivity contribution in [3.63, 3.8) is 0 Å². The molecule has 3 amide bonds. The van der Waals surface area contributed by atoms with Crippen LogP contribution in [0.2, 0.25) is 0 Å². The summed E-state index contributed by atoms with van der Waals surface area (Å²) in [4.78, 5) is 48.1. The maximum Gasteiger partial charge on any atom is 0.341 e. The van der Waals surface area contributed by atoms with Crippen LogP contribution in [0.25, 0.3) is 6.08 Å². The predicted molar refractivity (Wildman–Crippen MR) is 104 cm³/mol. The largest absolute Gasteiger partial charge is 0.493 e. The summed E-state index contributed by atoms with van der Waals surface area (Å²) in [5.41, 5.74) is 0.541. The van der Waals surface area contributed by atoms with Gasteiger partial charge in [0.1, 0.15) is 6.54 Å². The van der Waals surface area contributed by atoms with Gasteiger partial charge in [-0.3, -0.25) is 19.3 Å². The molecule has 1 aliphatic heterocycles. The van der Waals surface area contributed by atoms with E-state index in [1.807, 2.05) is 0 Å². The third kappa shape index (κ3) is 6.22. The molecule has 2 rings (SSSR count). The van der Waals surface area contributed by atoms with Crippen molar-refractivity contribution in [1.82, 2.24) is 10.2 Å². The van der Waals surface area contributed by atoms with Crippen molar-refractivity contribution < 1.29 is 38.5 Å². The highest BCUT2D eigenvalue weighted by Crippen LogP contribution is 2.34. The number of amides is 3. The lowest BCUT2D eigenvalue weighted by Crippen LogP contribution is -2.40. The standard InChI is InChI=1S/C18H20N2O8S/c1-26-6-5-19-15(21)9-20-17(24)14(29-18(20)25)8-11-3-4-12(13(7-11)27-2)28-10-16(22)23/h3-4,7-8H,5-6,9-10H2,1-2H3,(H,19,21)(H,22,23)/b14-8-. The number of thioether (sulfide) groups is 1. The summed E-state index contributed by atoms with van der Waals surface area (Å²) in [5.74, 6) is -1.67. The van der Waals surface area contributed by atoms with Crippen LogP contribution in [0.15, 0.2) is 23.1 Å². The maximum atomic E-state index is 12.5. The Morgan fingerprint density at radius 1 is 1.24 bits per heavy atom. The molecule has 11 heteroatoms. The molecule has 29 heavy (non-hydrogen) atoms. The number of hydrogen-bond acceptors (Lipinski definition) is 8. The second-order valence-electron chi connectivity index (χ2n) is 5.70. The molecule has 1 aromatic rings. The third-order valence-corrected chi connectivity index (χ3v) is 4.55. The number of methoxy groups -OCH3 is 2. The number of rotatable bonds is 10. The van der Waals surface area contributed by atoms with Gasteiger partial charge in [0, 0.05) is 13.7 Å². The number of carbonyl (C=O) groups is 4. The summed E-state index contributed by atoms with van der Waals surface area (Å²) in [5, 5.41) is 10.7. The van der Waals surface area contributed by atoms with Gasteiger partial charge in [-0.1, -0.05) is 6.07 Å². The quantitative estimate of drug-likeness (QED) is 0.416. The average molecular weight is 424 g/mol. The summed E-state index contributed by atoms with van der Waals surface area (Å²) in [6, 6.07) is 4.63. The lowest BCUT2D eigenvalue weighted by molar-refractivity contribution is -0.139. The number of benzene rings is 1. The topological polar surface area (TPSA) is 131 Å². The van der Waals surface area contributed by atoms with Crippen molar-refractivity contribution in [1.29, 1.82) is 0 Å². The van der Waals surface area contributed by atoms with E-state index in [1.54, 1.807) is 12.1 Å².